The molecular formula is C13H22N4O. The van der Waals surface area contributed by atoms with Gasteiger partial charge in [0.15, 0.2) is 0 Å². The summed E-state index contributed by atoms with van der Waals surface area (Å²) in [5, 5.41) is 3.27. The van der Waals surface area contributed by atoms with Gasteiger partial charge in [-0.05, 0) is 19.3 Å². The number of H-pyrrole nitrogens is 1. The maximum absolute atomic E-state index is 11.6. The van der Waals surface area contributed by atoms with Crippen LogP contribution in [-0.4, -0.2) is 22.6 Å². The number of aromatic nitrogens is 2. The van der Waals surface area contributed by atoms with E-state index in [0.29, 0.717) is 18.3 Å². The van der Waals surface area contributed by atoms with Crippen LogP contribution < -0.4 is 16.6 Å². The summed E-state index contributed by atoms with van der Waals surface area (Å²) in [6, 6.07) is 1.71. The molecule has 0 saturated heterocycles. The van der Waals surface area contributed by atoms with Crippen LogP contribution in [0.4, 0.5) is 5.82 Å². The number of hydrogen-bond donors (Lipinski definition) is 3. The van der Waals surface area contributed by atoms with Crippen LogP contribution in [0.3, 0.4) is 0 Å². The predicted molar refractivity (Wildman–Crippen MR) is 72.8 cm³/mol. The third-order valence-electron chi connectivity index (χ3n) is 3.27. The molecule has 2 rings (SSSR count). The number of aromatic amines is 1. The Balaban J connectivity index is 2.04. The summed E-state index contributed by atoms with van der Waals surface area (Å²) < 4.78 is 0. The second-order valence-corrected chi connectivity index (χ2v) is 5.01. The molecule has 100 valence electrons. The lowest BCUT2D eigenvalue weighted by atomic mass is 10.1. The van der Waals surface area contributed by atoms with Crippen molar-refractivity contribution in [1.82, 2.24) is 9.97 Å². The summed E-state index contributed by atoms with van der Waals surface area (Å²) >= 11 is 0. The number of nitrogens with zero attached hydrogens (tertiary/aromatic N) is 1. The molecule has 1 heterocycles. The number of hydrogen-bond acceptors (Lipinski definition) is 4. The van der Waals surface area contributed by atoms with E-state index in [2.05, 4.69) is 22.2 Å². The van der Waals surface area contributed by atoms with Gasteiger partial charge in [-0.25, -0.2) is 4.98 Å². The highest BCUT2D eigenvalue weighted by Gasteiger charge is 2.26. The Bertz CT molecular complexity index is 439. The summed E-state index contributed by atoms with van der Waals surface area (Å²) in [5.74, 6) is 1.93. The average molecular weight is 250 g/mol. The van der Waals surface area contributed by atoms with E-state index in [1.165, 1.54) is 6.07 Å². The Hall–Kier alpha value is -1.36. The van der Waals surface area contributed by atoms with Crippen molar-refractivity contribution in [3.8, 4) is 0 Å². The highest BCUT2D eigenvalue weighted by atomic mass is 16.1. The summed E-state index contributed by atoms with van der Waals surface area (Å²) in [5.41, 5.74) is 5.65. The maximum atomic E-state index is 11.6. The van der Waals surface area contributed by atoms with Gasteiger partial charge < -0.3 is 16.0 Å². The molecule has 1 aromatic heterocycles. The summed E-state index contributed by atoms with van der Waals surface area (Å²) in [6.07, 6.45) is 5.55. The lowest BCUT2D eigenvalue weighted by molar-refractivity contribution is 0.611. The Morgan fingerprint density at radius 3 is 3.00 bits per heavy atom. The highest BCUT2D eigenvalue weighted by Crippen LogP contribution is 2.37. The van der Waals surface area contributed by atoms with Gasteiger partial charge in [-0.3, -0.25) is 4.79 Å². The molecule has 0 spiro atoms. The molecule has 1 unspecified atom stereocenters. The lowest BCUT2D eigenvalue weighted by Gasteiger charge is -2.17. The minimum atomic E-state index is -0.0827. The van der Waals surface area contributed by atoms with E-state index in [1.807, 2.05) is 0 Å². The van der Waals surface area contributed by atoms with Crippen LogP contribution in [0.5, 0.6) is 0 Å². The molecule has 1 atom stereocenters. The van der Waals surface area contributed by atoms with Gasteiger partial charge in [-0.2, -0.15) is 0 Å². The second kappa shape index (κ2) is 6.00. The van der Waals surface area contributed by atoms with Crippen molar-refractivity contribution in [3.63, 3.8) is 0 Å². The number of nitrogens with one attached hydrogen (secondary N) is 2. The van der Waals surface area contributed by atoms with Crippen molar-refractivity contribution in [3.05, 3.63) is 22.2 Å². The molecule has 1 aromatic rings. The quantitative estimate of drug-likeness (QED) is 0.686. The second-order valence-electron chi connectivity index (χ2n) is 5.01. The van der Waals surface area contributed by atoms with Crippen molar-refractivity contribution in [1.29, 1.82) is 0 Å². The zero-order valence-electron chi connectivity index (χ0n) is 10.9. The van der Waals surface area contributed by atoms with E-state index >= 15 is 0 Å². The van der Waals surface area contributed by atoms with Crippen LogP contribution in [0, 0.1) is 0 Å². The molecule has 0 bridgehead atoms. The van der Waals surface area contributed by atoms with Crippen LogP contribution in [0.25, 0.3) is 0 Å². The molecule has 4 N–H and O–H groups in total. The predicted octanol–water partition coefficient (Wildman–Crippen LogP) is 1.58. The van der Waals surface area contributed by atoms with Gasteiger partial charge in [0.25, 0.3) is 5.56 Å². The minimum Gasteiger partial charge on any atom is -0.366 e. The molecule has 1 saturated carbocycles. The third kappa shape index (κ3) is 3.57. The first kappa shape index (κ1) is 13.1. The topological polar surface area (TPSA) is 83.8 Å². The first-order valence-electron chi connectivity index (χ1n) is 6.80. The number of rotatable bonds is 7. The number of anilines is 1. The highest BCUT2D eigenvalue weighted by molar-refractivity contribution is 5.35. The van der Waals surface area contributed by atoms with Gasteiger partial charge in [-0.1, -0.05) is 19.8 Å². The Labute approximate surface area is 107 Å². The van der Waals surface area contributed by atoms with E-state index in [1.54, 1.807) is 0 Å². The molecule has 1 fully saturated rings. The minimum absolute atomic E-state index is 0.0827. The summed E-state index contributed by atoms with van der Waals surface area (Å²) in [7, 11) is 0. The largest absolute Gasteiger partial charge is 0.366 e. The SMILES string of the molecule is CCCCC(CN)Nc1cc(=O)[nH]c(C2CC2)n1. The fourth-order valence-corrected chi connectivity index (χ4v) is 2.01. The lowest BCUT2D eigenvalue weighted by Crippen LogP contribution is -2.30. The zero-order chi connectivity index (χ0) is 13.0. The number of unbranched alkanes of at least 4 members (excludes halogenated alkanes) is 1. The van der Waals surface area contributed by atoms with Gasteiger partial charge in [0.05, 0.1) is 0 Å². The van der Waals surface area contributed by atoms with Crippen LogP contribution in [0.2, 0.25) is 0 Å². The molecule has 1 aliphatic rings. The van der Waals surface area contributed by atoms with E-state index < -0.39 is 0 Å². The molecule has 0 radical (unpaired) electrons. The van der Waals surface area contributed by atoms with E-state index in [9.17, 15) is 4.79 Å². The Morgan fingerprint density at radius 1 is 1.61 bits per heavy atom. The Morgan fingerprint density at radius 2 is 2.39 bits per heavy atom. The fraction of sp³-hybridized carbons (Fsp3) is 0.692. The standard InChI is InChI=1S/C13H22N4O/c1-2-3-4-10(8-14)15-11-7-12(18)17-13(16-11)9-5-6-9/h7,9-10H,2-6,8,14H2,1H3,(H2,15,16,17,18). The summed E-state index contributed by atoms with van der Waals surface area (Å²) in [4.78, 5) is 18.8. The zero-order valence-corrected chi connectivity index (χ0v) is 10.9. The van der Waals surface area contributed by atoms with Crippen molar-refractivity contribution in [2.45, 2.75) is 51.0 Å². The first-order chi connectivity index (χ1) is 8.72. The van der Waals surface area contributed by atoms with Gasteiger partial charge in [-0.15, -0.1) is 0 Å². The van der Waals surface area contributed by atoms with Gasteiger partial charge in [0, 0.05) is 24.6 Å². The van der Waals surface area contributed by atoms with Crippen molar-refractivity contribution in [2.75, 3.05) is 11.9 Å². The first-order valence-corrected chi connectivity index (χ1v) is 6.80. The number of nitrogens with two attached hydrogens (primary N) is 1. The molecule has 0 aromatic carbocycles. The van der Waals surface area contributed by atoms with Crippen LogP contribution in [0.15, 0.2) is 10.9 Å². The third-order valence-corrected chi connectivity index (χ3v) is 3.27. The van der Waals surface area contributed by atoms with Crippen molar-refractivity contribution in [2.24, 2.45) is 5.73 Å². The molecule has 1 aliphatic carbocycles. The molecule has 0 amide bonds. The van der Waals surface area contributed by atoms with Gasteiger partial charge in [0.2, 0.25) is 0 Å². The molecular weight excluding hydrogens is 228 g/mol. The normalized spacial score (nSPS) is 16.6. The Kier molecular flexibility index (Phi) is 4.36. The van der Waals surface area contributed by atoms with Gasteiger partial charge in [0.1, 0.15) is 11.6 Å². The smallest absolute Gasteiger partial charge is 0.252 e. The van der Waals surface area contributed by atoms with E-state index in [-0.39, 0.29) is 11.6 Å². The fourth-order valence-electron chi connectivity index (χ4n) is 2.01. The molecule has 0 aliphatic heterocycles. The van der Waals surface area contributed by atoms with Crippen LogP contribution in [-0.2, 0) is 0 Å². The van der Waals surface area contributed by atoms with E-state index in [4.69, 9.17) is 5.73 Å². The average Bonchev–Trinajstić information content (AvgIpc) is 3.18. The van der Waals surface area contributed by atoms with Crippen molar-refractivity contribution >= 4 is 5.82 Å². The monoisotopic (exact) mass is 250 g/mol. The van der Waals surface area contributed by atoms with Crippen molar-refractivity contribution < 1.29 is 0 Å². The molecule has 5 nitrogen and oxygen atoms in total. The molecule has 5 heteroatoms. The van der Waals surface area contributed by atoms with E-state index in [0.717, 1.165) is 37.9 Å². The van der Waals surface area contributed by atoms with Crippen LogP contribution in [0.1, 0.15) is 50.8 Å². The summed E-state index contributed by atoms with van der Waals surface area (Å²) in [6.45, 7) is 2.72. The maximum Gasteiger partial charge on any atom is 0.252 e. The van der Waals surface area contributed by atoms with Crippen LogP contribution >= 0.6 is 0 Å². The van der Waals surface area contributed by atoms with Gasteiger partial charge >= 0.3 is 0 Å². The molecule has 18 heavy (non-hydrogen) atoms.